The van der Waals surface area contributed by atoms with Gasteiger partial charge in [-0.2, -0.15) is 5.10 Å². The van der Waals surface area contributed by atoms with E-state index in [2.05, 4.69) is 5.10 Å². The normalized spacial score (nSPS) is 19.7. The molecular formula is C23H24FN3O5S. The monoisotopic (exact) mass is 473 g/mol. The third-order valence-corrected chi connectivity index (χ3v) is 7.98. The molecule has 1 aromatic carbocycles. The molecule has 3 heterocycles. The van der Waals surface area contributed by atoms with Crippen molar-refractivity contribution in [2.24, 2.45) is 0 Å². The largest absolute Gasteiger partial charge is 0.496 e. The number of fused-ring (bicyclic) bond motifs is 1. The molecule has 10 heteroatoms. The second-order valence-electron chi connectivity index (χ2n) is 8.69. The SMILES string of the molecule is COc1ccc(F)cc1COC(=O)c1cc(C2CC2)nc2c1c(C)nn2[C@H]1CCS(=O)(=O)C1. The summed E-state index contributed by atoms with van der Waals surface area (Å²) in [5.74, 6) is -0.206. The standard InChI is InChI=1S/C23H24FN3O5S/c1-13-21-18(23(28)32-11-15-9-16(24)5-6-20(15)31-2)10-19(14-3-4-14)25-22(21)27(26-13)17-7-8-33(29,30)12-17/h5-6,9-10,14,17H,3-4,7-8,11-12H2,1-2H3/t17-/m0/s1. The predicted molar refractivity (Wildman–Crippen MR) is 119 cm³/mol. The number of rotatable bonds is 6. The van der Waals surface area contributed by atoms with Crippen LogP contribution in [0.25, 0.3) is 11.0 Å². The smallest absolute Gasteiger partial charge is 0.339 e. The van der Waals surface area contributed by atoms with Crippen LogP contribution in [-0.4, -0.2) is 47.8 Å². The number of hydrogen-bond donors (Lipinski definition) is 0. The average molecular weight is 474 g/mol. The van der Waals surface area contributed by atoms with Gasteiger partial charge in [-0.15, -0.1) is 0 Å². The van der Waals surface area contributed by atoms with E-state index in [0.29, 0.717) is 40.0 Å². The number of esters is 1. The molecule has 0 radical (unpaired) electrons. The van der Waals surface area contributed by atoms with E-state index in [-0.39, 0.29) is 30.1 Å². The van der Waals surface area contributed by atoms with Crippen molar-refractivity contribution in [3.05, 3.63) is 52.6 Å². The van der Waals surface area contributed by atoms with E-state index in [1.165, 1.54) is 25.3 Å². The average Bonchev–Trinajstić information content (AvgIpc) is 3.50. The van der Waals surface area contributed by atoms with Crippen molar-refractivity contribution in [2.75, 3.05) is 18.6 Å². The summed E-state index contributed by atoms with van der Waals surface area (Å²) in [7, 11) is -1.65. The molecule has 2 aromatic heterocycles. The molecule has 0 spiro atoms. The Bertz CT molecular complexity index is 1360. The number of ether oxygens (including phenoxy) is 2. The number of halogens is 1. The third-order valence-electron chi connectivity index (χ3n) is 6.23. The molecule has 1 aliphatic heterocycles. The Morgan fingerprint density at radius 1 is 1.24 bits per heavy atom. The van der Waals surface area contributed by atoms with Gasteiger partial charge in [-0.25, -0.2) is 27.3 Å². The van der Waals surface area contributed by atoms with E-state index >= 15 is 0 Å². The van der Waals surface area contributed by atoms with E-state index in [4.69, 9.17) is 14.5 Å². The van der Waals surface area contributed by atoms with Gasteiger partial charge in [0.25, 0.3) is 0 Å². The number of carbonyl (C=O) groups excluding carboxylic acids is 1. The number of pyridine rings is 1. The van der Waals surface area contributed by atoms with Crippen molar-refractivity contribution in [3.63, 3.8) is 0 Å². The lowest BCUT2D eigenvalue weighted by atomic mass is 10.1. The van der Waals surface area contributed by atoms with Gasteiger partial charge in [0.1, 0.15) is 18.2 Å². The fourth-order valence-corrected chi connectivity index (χ4v) is 6.08. The molecule has 0 unspecified atom stereocenters. The zero-order chi connectivity index (χ0) is 23.3. The minimum absolute atomic E-state index is 0.0116. The molecule has 1 saturated heterocycles. The molecule has 174 valence electrons. The van der Waals surface area contributed by atoms with Gasteiger partial charge in [-0.3, -0.25) is 0 Å². The molecule has 3 aromatic rings. The highest BCUT2D eigenvalue weighted by atomic mass is 32.2. The zero-order valence-corrected chi connectivity index (χ0v) is 19.2. The van der Waals surface area contributed by atoms with Crippen LogP contribution in [0.3, 0.4) is 0 Å². The van der Waals surface area contributed by atoms with E-state index in [9.17, 15) is 17.6 Å². The van der Waals surface area contributed by atoms with Crippen molar-refractivity contribution in [1.82, 2.24) is 14.8 Å². The van der Waals surface area contributed by atoms with Crippen LogP contribution in [0.15, 0.2) is 24.3 Å². The predicted octanol–water partition coefficient (Wildman–Crippen LogP) is 3.48. The Labute approximate surface area is 190 Å². The molecule has 2 aliphatic rings. The van der Waals surface area contributed by atoms with Gasteiger partial charge < -0.3 is 9.47 Å². The summed E-state index contributed by atoms with van der Waals surface area (Å²) >= 11 is 0. The topological polar surface area (TPSA) is 100 Å². The fourth-order valence-electron chi connectivity index (χ4n) is 4.39. The molecule has 1 aliphatic carbocycles. The number of benzene rings is 1. The number of sulfone groups is 1. The summed E-state index contributed by atoms with van der Waals surface area (Å²) in [4.78, 5) is 18.0. The Morgan fingerprint density at radius 2 is 2.03 bits per heavy atom. The fraction of sp³-hybridized carbons (Fsp3) is 0.435. The molecule has 0 amide bonds. The van der Waals surface area contributed by atoms with Gasteiger partial charge in [0, 0.05) is 17.2 Å². The van der Waals surface area contributed by atoms with Crippen molar-refractivity contribution < 1.29 is 27.1 Å². The molecular weight excluding hydrogens is 449 g/mol. The highest BCUT2D eigenvalue weighted by molar-refractivity contribution is 7.91. The molecule has 8 nitrogen and oxygen atoms in total. The van der Waals surface area contributed by atoms with Gasteiger partial charge in [0.2, 0.25) is 0 Å². The molecule has 33 heavy (non-hydrogen) atoms. The van der Waals surface area contributed by atoms with Crippen LogP contribution in [0, 0.1) is 12.7 Å². The van der Waals surface area contributed by atoms with E-state index in [1.807, 2.05) is 0 Å². The maximum absolute atomic E-state index is 13.7. The van der Waals surface area contributed by atoms with Crippen LogP contribution in [0.1, 0.15) is 58.5 Å². The van der Waals surface area contributed by atoms with Crippen LogP contribution in [-0.2, 0) is 21.2 Å². The summed E-state index contributed by atoms with van der Waals surface area (Å²) in [6.45, 7) is 1.61. The maximum atomic E-state index is 13.7. The van der Waals surface area contributed by atoms with Gasteiger partial charge in [-0.05, 0) is 50.5 Å². The summed E-state index contributed by atoms with van der Waals surface area (Å²) < 4.78 is 50.2. The number of aromatic nitrogens is 3. The lowest BCUT2D eigenvalue weighted by Crippen LogP contribution is -2.14. The summed E-state index contributed by atoms with van der Waals surface area (Å²) in [5.41, 5.74) is 2.62. The van der Waals surface area contributed by atoms with Crippen molar-refractivity contribution >= 4 is 26.8 Å². The third kappa shape index (κ3) is 4.19. The van der Waals surface area contributed by atoms with Crippen LogP contribution in [0.5, 0.6) is 5.75 Å². The first kappa shape index (κ1) is 21.8. The maximum Gasteiger partial charge on any atom is 0.339 e. The van der Waals surface area contributed by atoms with Crippen molar-refractivity contribution in [2.45, 2.75) is 44.8 Å². The highest BCUT2D eigenvalue weighted by Crippen LogP contribution is 2.41. The first-order chi connectivity index (χ1) is 15.8. The Balaban J connectivity index is 1.52. The molecule has 0 bridgehead atoms. The van der Waals surface area contributed by atoms with Crippen LogP contribution >= 0.6 is 0 Å². The van der Waals surface area contributed by atoms with Crippen LogP contribution in [0.4, 0.5) is 4.39 Å². The quantitative estimate of drug-likeness (QED) is 0.505. The number of aryl methyl sites for hydroxylation is 1. The lowest BCUT2D eigenvalue weighted by molar-refractivity contribution is 0.0471. The Hall–Kier alpha value is -3.01. The summed E-state index contributed by atoms with van der Waals surface area (Å²) in [6, 6.07) is 5.47. The highest BCUT2D eigenvalue weighted by Gasteiger charge is 2.34. The van der Waals surface area contributed by atoms with E-state index < -0.39 is 21.6 Å². The number of nitrogens with zero attached hydrogens (tertiary/aromatic N) is 3. The van der Waals surface area contributed by atoms with Gasteiger partial charge in [-0.1, -0.05) is 0 Å². The Morgan fingerprint density at radius 3 is 2.70 bits per heavy atom. The Kier molecular flexibility index (Phi) is 5.35. The summed E-state index contributed by atoms with van der Waals surface area (Å²) in [6.07, 6.45) is 2.43. The van der Waals surface area contributed by atoms with E-state index in [1.54, 1.807) is 17.7 Å². The van der Waals surface area contributed by atoms with Gasteiger partial charge in [0.15, 0.2) is 15.5 Å². The first-order valence-electron chi connectivity index (χ1n) is 10.9. The van der Waals surface area contributed by atoms with Crippen molar-refractivity contribution in [3.8, 4) is 5.75 Å². The molecule has 5 rings (SSSR count). The van der Waals surface area contributed by atoms with Crippen LogP contribution in [0.2, 0.25) is 0 Å². The lowest BCUT2D eigenvalue weighted by Gasteiger charge is -2.12. The molecule has 0 N–H and O–H groups in total. The second kappa shape index (κ2) is 8.09. The van der Waals surface area contributed by atoms with Gasteiger partial charge in [0.05, 0.1) is 41.3 Å². The van der Waals surface area contributed by atoms with Gasteiger partial charge >= 0.3 is 5.97 Å². The molecule has 1 atom stereocenters. The van der Waals surface area contributed by atoms with Crippen LogP contribution < -0.4 is 4.74 Å². The number of carbonyl (C=O) groups is 1. The molecule has 1 saturated carbocycles. The van der Waals surface area contributed by atoms with Crippen molar-refractivity contribution in [1.29, 1.82) is 0 Å². The molecule has 2 fully saturated rings. The first-order valence-corrected chi connectivity index (χ1v) is 12.7. The minimum atomic E-state index is -3.12. The number of methoxy groups -OCH3 is 1. The van der Waals surface area contributed by atoms with E-state index in [0.717, 1.165) is 18.5 Å². The summed E-state index contributed by atoms with van der Waals surface area (Å²) in [5, 5.41) is 5.13. The second-order valence-corrected chi connectivity index (χ2v) is 10.9. The number of hydrogen-bond acceptors (Lipinski definition) is 7. The minimum Gasteiger partial charge on any atom is -0.496 e. The zero-order valence-electron chi connectivity index (χ0n) is 18.4.